The van der Waals surface area contributed by atoms with Gasteiger partial charge in [0.05, 0.1) is 0 Å². The average molecular weight is 390 g/mol. The van der Waals surface area contributed by atoms with Crippen molar-refractivity contribution in [2.75, 3.05) is 0 Å². The van der Waals surface area contributed by atoms with Gasteiger partial charge in [0.1, 0.15) is 0 Å². The molecule has 2 amide bonds. The van der Waals surface area contributed by atoms with E-state index in [0.717, 1.165) is 26.4 Å². The lowest BCUT2D eigenvalue weighted by atomic mass is 10.1. The number of rotatable bonds is 5. The summed E-state index contributed by atoms with van der Waals surface area (Å²) < 4.78 is 0. The molecule has 28 heavy (non-hydrogen) atoms. The summed E-state index contributed by atoms with van der Waals surface area (Å²) in [6.07, 6.45) is 0. The third-order valence-corrected chi connectivity index (χ3v) is 5.44. The molecule has 4 rings (SSSR count). The normalized spacial score (nSPS) is 10.7. The minimum atomic E-state index is -0.480. The molecular weight excluding hydrogens is 376 g/mol. The number of hydrogen-bond acceptors (Lipinski definition) is 6. The molecule has 2 aromatic carbocycles. The van der Waals surface area contributed by atoms with Gasteiger partial charge in [-0.2, -0.15) is 5.21 Å². The first-order valence-corrected chi connectivity index (χ1v) is 9.02. The van der Waals surface area contributed by atoms with E-state index in [0.29, 0.717) is 17.0 Å². The van der Waals surface area contributed by atoms with E-state index in [1.54, 1.807) is 24.3 Å². The lowest BCUT2D eigenvalue weighted by Gasteiger charge is -2.02. The second kappa shape index (κ2) is 7.05. The van der Waals surface area contributed by atoms with E-state index in [9.17, 15) is 9.59 Å². The summed E-state index contributed by atoms with van der Waals surface area (Å²) in [5, 5.41) is 14.3. The molecule has 0 aliphatic heterocycles. The number of carbonyl (C=O) groups is 2. The predicted octanol–water partition coefficient (Wildman–Crippen LogP) is 2.46. The van der Waals surface area contributed by atoms with Crippen LogP contribution in [0.3, 0.4) is 0 Å². The fourth-order valence-electron chi connectivity index (χ4n) is 2.77. The van der Waals surface area contributed by atoms with Gasteiger partial charge in [-0.1, -0.05) is 24.3 Å². The third-order valence-electron chi connectivity index (χ3n) is 4.20. The fraction of sp³-hybridized carbons (Fsp3) is 0. The van der Waals surface area contributed by atoms with Crippen LogP contribution in [0.25, 0.3) is 32.3 Å². The van der Waals surface area contributed by atoms with Crippen molar-refractivity contribution in [3.8, 4) is 32.3 Å². The van der Waals surface area contributed by atoms with Crippen molar-refractivity contribution in [3.05, 3.63) is 65.7 Å². The first kappa shape index (κ1) is 17.6. The van der Waals surface area contributed by atoms with Gasteiger partial charge in [0.2, 0.25) is 17.6 Å². The Morgan fingerprint density at radius 1 is 0.857 bits per heavy atom. The van der Waals surface area contributed by atoms with Crippen LogP contribution in [0, 0.1) is 0 Å². The Bertz CT molecular complexity index is 1150. The van der Waals surface area contributed by atoms with Crippen LogP contribution < -0.4 is 11.5 Å². The number of tetrazole rings is 1. The van der Waals surface area contributed by atoms with Crippen molar-refractivity contribution in [2.45, 2.75) is 0 Å². The molecule has 0 aliphatic carbocycles. The molecule has 4 aromatic rings. The van der Waals surface area contributed by atoms with Crippen LogP contribution in [0.4, 0.5) is 0 Å². The molecule has 0 saturated carbocycles. The summed E-state index contributed by atoms with van der Waals surface area (Å²) in [5.41, 5.74) is 14.1. The van der Waals surface area contributed by atoms with Crippen molar-refractivity contribution in [1.82, 2.24) is 20.6 Å². The van der Waals surface area contributed by atoms with Crippen LogP contribution in [0.5, 0.6) is 0 Å². The van der Waals surface area contributed by atoms with Crippen LogP contribution in [0.15, 0.2) is 54.6 Å². The highest BCUT2D eigenvalue weighted by molar-refractivity contribution is 7.19. The van der Waals surface area contributed by atoms with Gasteiger partial charge in [0.25, 0.3) is 0 Å². The monoisotopic (exact) mass is 390 g/mol. The summed E-state index contributed by atoms with van der Waals surface area (Å²) in [6, 6.07) is 16.0. The Morgan fingerprint density at radius 3 is 1.93 bits per heavy atom. The maximum atomic E-state index is 11.3. The minimum Gasteiger partial charge on any atom is -0.366 e. The van der Waals surface area contributed by atoms with Gasteiger partial charge < -0.3 is 11.5 Å². The Hall–Kier alpha value is -3.85. The van der Waals surface area contributed by atoms with Gasteiger partial charge in [-0.05, 0) is 46.7 Å². The molecule has 0 unspecified atom stereocenters. The zero-order valence-electron chi connectivity index (χ0n) is 14.4. The number of benzene rings is 2. The Labute approximate surface area is 163 Å². The summed E-state index contributed by atoms with van der Waals surface area (Å²) >= 11 is 1.54. The zero-order valence-corrected chi connectivity index (χ0v) is 15.2. The summed E-state index contributed by atoms with van der Waals surface area (Å²) in [5.74, 6) is -0.489. The number of aromatic amines is 1. The molecule has 0 atom stereocenters. The quantitative estimate of drug-likeness (QED) is 0.480. The van der Waals surface area contributed by atoms with Crippen molar-refractivity contribution >= 4 is 23.2 Å². The predicted molar refractivity (Wildman–Crippen MR) is 105 cm³/mol. The summed E-state index contributed by atoms with van der Waals surface area (Å²) in [4.78, 5) is 24.5. The van der Waals surface area contributed by atoms with E-state index < -0.39 is 11.8 Å². The third kappa shape index (κ3) is 3.26. The van der Waals surface area contributed by atoms with Crippen LogP contribution in [-0.2, 0) is 0 Å². The van der Waals surface area contributed by atoms with Crippen LogP contribution in [-0.4, -0.2) is 32.4 Å². The Balaban J connectivity index is 1.81. The first-order chi connectivity index (χ1) is 13.5. The number of nitrogens with two attached hydrogens (primary N) is 2. The van der Waals surface area contributed by atoms with Crippen LogP contribution in [0.1, 0.15) is 20.7 Å². The van der Waals surface area contributed by atoms with E-state index in [1.807, 2.05) is 30.3 Å². The van der Waals surface area contributed by atoms with E-state index in [4.69, 9.17) is 11.5 Å². The smallest absolute Gasteiger partial charge is 0.248 e. The van der Waals surface area contributed by atoms with E-state index >= 15 is 0 Å². The van der Waals surface area contributed by atoms with Gasteiger partial charge in [-0.3, -0.25) is 9.59 Å². The highest BCUT2D eigenvalue weighted by atomic mass is 32.1. The summed E-state index contributed by atoms with van der Waals surface area (Å²) in [6.45, 7) is 0. The topological polar surface area (TPSA) is 141 Å². The molecule has 8 nitrogen and oxygen atoms in total. The fourth-order valence-corrected chi connectivity index (χ4v) is 3.94. The second-order valence-corrected chi connectivity index (χ2v) is 7.02. The number of H-pyrrole nitrogens is 1. The first-order valence-electron chi connectivity index (χ1n) is 8.21. The number of aromatic nitrogens is 4. The van der Waals surface area contributed by atoms with Crippen LogP contribution >= 0.6 is 11.3 Å². The number of nitrogens with one attached hydrogen (secondary N) is 1. The Morgan fingerprint density at radius 2 is 1.43 bits per heavy atom. The lowest BCUT2D eigenvalue weighted by molar-refractivity contribution is 0.0992. The number of nitrogens with zero attached hydrogens (tertiary/aromatic N) is 3. The maximum Gasteiger partial charge on any atom is 0.248 e. The summed E-state index contributed by atoms with van der Waals surface area (Å²) in [7, 11) is 0. The second-order valence-electron chi connectivity index (χ2n) is 5.97. The molecule has 0 bridgehead atoms. The highest BCUT2D eigenvalue weighted by Crippen LogP contribution is 2.42. The molecule has 0 fully saturated rings. The molecular formula is C19H14N6O2S. The molecule has 2 aromatic heterocycles. The SMILES string of the molecule is NC(=O)c1ccc(-c2cc(-c3nn[nH]n3)c(-c3ccc(C(N)=O)cc3)s2)cc1. The molecule has 0 radical (unpaired) electrons. The van der Waals surface area contributed by atoms with Gasteiger partial charge in [0, 0.05) is 26.4 Å². The van der Waals surface area contributed by atoms with Crippen molar-refractivity contribution < 1.29 is 9.59 Å². The van der Waals surface area contributed by atoms with E-state index in [2.05, 4.69) is 20.6 Å². The number of carbonyl (C=O) groups excluding carboxylic acids is 2. The average Bonchev–Trinajstić information content (AvgIpc) is 3.38. The minimum absolute atomic E-state index is 0.434. The van der Waals surface area contributed by atoms with Gasteiger partial charge >= 0.3 is 0 Å². The van der Waals surface area contributed by atoms with Crippen LogP contribution in [0.2, 0.25) is 0 Å². The standard InChI is InChI=1S/C19H14N6O2S/c20-17(26)12-5-1-10(2-6-12)15-9-14(19-22-24-25-23-19)16(28-15)11-3-7-13(8-4-11)18(21)27/h1-9H,(H2,20,26)(H2,21,27)(H,22,23,24,25). The van der Waals surface area contributed by atoms with Gasteiger partial charge in [-0.25, -0.2) is 0 Å². The molecule has 9 heteroatoms. The maximum absolute atomic E-state index is 11.3. The highest BCUT2D eigenvalue weighted by Gasteiger charge is 2.17. The molecule has 5 N–H and O–H groups in total. The van der Waals surface area contributed by atoms with Gasteiger partial charge in [-0.15, -0.1) is 21.5 Å². The van der Waals surface area contributed by atoms with Crippen molar-refractivity contribution in [3.63, 3.8) is 0 Å². The van der Waals surface area contributed by atoms with E-state index in [1.165, 1.54) is 11.3 Å². The molecule has 0 spiro atoms. The lowest BCUT2D eigenvalue weighted by Crippen LogP contribution is -2.10. The number of thiophene rings is 1. The van der Waals surface area contributed by atoms with Crippen molar-refractivity contribution in [1.29, 1.82) is 0 Å². The molecule has 0 saturated heterocycles. The number of amides is 2. The Kier molecular flexibility index (Phi) is 4.42. The molecule has 0 aliphatic rings. The molecule has 138 valence electrons. The largest absolute Gasteiger partial charge is 0.366 e. The van der Waals surface area contributed by atoms with E-state index in [-0.39, 0.29) is 0 Å². The number of hydrogen-bond donors (Lipinski definition) is 3. The molecule has 2 heterocycles. The zero-order chi connectivity index (χ0) is 19.7. The van der Waals surface area contributed by atoms with Gasteiger partial charge in [0.15, 0.2) is 0 Å². The van der Waals surface area contributed by atoms with Crippen molar-refractivity contribution in [2.24, 2.45) is 11.5 Å². The number of primary amides is 2.